The van der Waals surface area contributed by atoms with E-state index in [0.29, 0.717) is 0 Å². The number of hydrogen-bond acceptors (Lipinski definition) is 4. The van der Waals surface area contributed by atoms with E-state index >= 15 is 0 Å². The summed E-state index contributed by atoms with van der Waals surface area (Å²) in [4.78, 5) is 24.0. The Morgan fingerprint density at radius 2 is 2.54 bits per heavy atom. The van der Waals surface area contributed by atoms with Crippen LogP contribution in [0.25, 0.3) is 0 Å². The van der Waals surface area contributed by atoms with Crippen molar-refractivity contribution in [3.63, 3.8) is 0 Å². The molecule has 2 saturated heterocycles. The van der Waals surface area contributed by atoms with E-state index in [9.17, 15) is 9.59 Å². The normalized spacial score (nSPS) is 31.2. The van der Waals surface area contributed by atoms with Gasteiger partial charge in [-0.3, -0.25) is 9.59 Å². The lowest BCUT2D eigenvalue weighted by Crippen LogP contribution is -2.49. The molecule has 0 aromatic rings. The van der Waals surface area contributed by atoms with Gasteiger partial charge in [0, 0.05) is 12.6 Å². The maximum Gasteiger partial charge on any atom is 0.325 e. The molecule has 13 heavy (non-hydrogen) atoms. The van der Waals surface area contributed by atoms with Crippen LogP contribution in [0.3, 0.4) is 0 Å². The van der Waals surface area contributed by atoms with Crippen molar-refractivity contribution in [2.24, 2.45) is 0 Å². The Bertz CT molecular complexity index is 254. The van der Waals surface area contributed by atoms with Gasteiger partial charge in [0.1, 0.15) is 6.54 Å². The zero-order valence-electron chi connectivity index (χ0n) is 7.45. The molecular weight excluding hydrogens is 172 g/mol. The second-order valence-electron chi connectivity index (χ2n) is 3.39. The second-order valence-corrected chi connectivity index (χ2v) is 3.39. The van der Waals surface area contributed by atoms with Crippen LogP contribution in [-0.2, 0) is 14.3 Å². The third-order valence-corrected chi connectivity index (χ3v) is 2.66. The van der Waals surface area contributed by atoms with Gasteiger partial charge in [0.15, 0.2) is 0 Å². The highest BCUT2D eigenvalue weighted by Crippen LogP contribution is 2.23. The number of nitrogens with one attached hydrogen (secondary N) is 1. The number of amides is 1. The molecule has 2 aliphatic rings. The minimum atomic E-state index is -0.346. The van der Waals surface area contributed by atoms with Gasteiger partial charge in [-0.1, -0.05) is 0 Å². The van der Waals surface area contributed by atoms with Crippen molar-refractivity contribution in [1.82, 2.24) is 10.2 Å². The molecular formula is C8H12N2O3. The van der Waals surface area contributed by atoms with E-state index in [1.165, 1.54) is 7.11 Å². The molecule has 0 spiro atoms. The van der Waals surface area contributed by atoms with Crippen LogP contribution in [0.15, 0.2) is 0 Å². The minimum absolute atomic E-state index is 0.0293. The van der Waals surface area contributed by atoms with Gasteiger partial charge in [0.05, 0.1) is 13.2 Å². The number of hydrogen-bond donors (Lipinski definition) is 1. The maximum atomic E-state index is 11.5. The van der Waals surface area contributed by atoms with Gasteiger partial charge < -0.3 is 15.0 Å². The lowest BCUT2D eigenvalue weighted by Gasteiger charge is -2.25. The molecule has 2 rings (SSSR count). The molecule has 0 aromatic heterocycles. The Morgan fingerprint density at radius 3 is 3.08 bits per heavy atom. The van der Waals surface area contributed by atoms with E-state index in [4.69, 9.17) is 0 Å². The number of nitrogens with zero attached hydrogens (tertiary/aromatic N) is 1. The molecule has 0 radical (unpaired) electrons. The van der Waals surface area contributed by atoms with Gasteiger partial charge in [-0.15, -0.1) is 0 Å². The predicted octanol–water partition coefficient (Wildman–Crippen LogP) is -1.27. The standard InChI is InChI=1S/C8H12N2O3/c1-13-7(11)4-10-5-2-6(8(10)12)9-3-5/h5-6,9H,2-4H2,1H3/t5-,6-/m0/s1. The number of esters is 1. The third kappa shape index (κ3) is 1.29. The van der Waals surface area contributed by atoms with Crippen molar-refractivity contribution in [3.05, 3.63) is 0 Å². The Hall–Kier alpha value is -1.10. The highest BCUT2D eigenvalue weighted by Gasteiger charge is 2.45. The van der Waals surface area contributed by atoms with Gasteiger partial charge >= 0.3 is 5.97 Å². The lowest BCUT2D eigenvalue weighted by molar-refractivity contribution is -0.147. The van der Waals surface area contributed by atoms with Gasteiger partial charge in [-0.25, -0.2) is 0 Å². The first-order valence-corrected chi connectivity index (χ1v) is 4.33. The molecule has 2 fully saturated rings. The fourth-order valence-corrected chi connectivity index (χ4v) is 1.93. The van der Waals surface area contributed by atoms with Crippen molar-refractivity contribution in [2.75, 3.05) is 20.2 Å². The second kappa shape index (κ2) is 2.99. The molecule has 0 aromatic carbocycles. The molecule has 2 aliphatic heterocycles. The van der Waals surface area contributed by atoms with Crippen LogP contribution in [0.1, 0.15) is 6.42 Å². The lowest BCUT2D eigenvalue weighted by atomic mass is 10.2. The summed E-state index contributed by atoms with van der Waals surface area (Å²) in [7, 11) is 1.33. The number of fused-ring (bicyclic) bond motifs is 2. The molecule has 2 bridgehead atoms. The first kappa shape index (κ1) is 8.50. The van der Waals surface area contributed by atoms with Gasteiger partial charge in [-0.2, -0.15) is 0 Å². The van der Waals surface area contributed by atoms with Crippen LogP contribution in [0.5, 0.6) is 0 Å². The first-order chi connectivity index (χ1) is 6.22. The van der Waals surface area contributed by atoms with E-state index in [-0.39, 0.29) is 30.5 Å². The van der Waals surface area contributed by atoms with Crippen molar-refractivity contribution in [3.8, 4) is 0 Å². The maximum absolute atomic E-state index is 11.5. The van der Waals surface area contributed by atoms with Crippen molar-refractivity contribution >= 4 is 11.9 Å². The molecule has 5 heteroatoms. The fraction of sp³-hybridized carbons (Fsp3) is 0.750. The van der Waals surface area contributed by atoms with E-state index in [2.05, 4.69) is 10.1 Å². The summed E-state index contributed by atoms with van der Waals surface area (Å²) in [6, 6.07) is 0.131. The molecule has 1 amide bonds. The molecule has 5 nitrogen and oxygen atoms in total. The van der Waals surface area contributed by atoms with Crippen molar-refractivity contribution in [1.29, 1.82) is 0 Å². The zero-order chi connectivity index (χ0) is 9.42. The first-order valence-electron chi connectivity index (χ1n) is 4.33. The number of carbonyl (C=O) groups is 2. The summed E-state index contributed by atoms with van der Waals surface area (Å²) in [5.74, 6) is -0.317. The van der Waals surface area contributed by atoms with E-state index in [0.717, 1.165) is 13.0 Å². The smallest absolute Gasteiger partial charge is 0.325 e. The topological polar surface area (TPSA) is 58.6 Å². The van der Waals surface area contributed by atoms with Crippen LogP contribution >= 0.6 is 0 Å². The molecule has 72 valence electrons. The highest BCUT2D eigenvalue weighted by molar-refractivity contribution is 5.89. The largest absolute Gasteiger partial charge is 0.468 e. The number of carbonyl (C=O) groups excluding carboxylic acids is 2. The predicted molar refractivity (Wildman–Crippen MR) is 43.9 cm³/mol. The highest BCUT2D eigenvalue weighted by atomic mass is 16.5. The summed E-state index contributed by atoms with van der Waals surface area (Å²) >= 11 is 0. The molecule has 0 aliphatic carbocycles. The van der Waals surface area contributed by atoms with Crippen LogP contribution in [-0.4, -0.2) is 49.1 Å². The Labute approximate surface area is 76.0 Å². The third-order valence-electron chi connectivity index (χ3n) is 2.66. The molecule has 1 N–H and O–H groups in total. The summed E-state index contributed by atoms with van der Waals surface area (Å²) in [5, 5.41) is 3.08. The van der Waals surface area contributed by atoms with Crippen molar-refractivity contribution in [2.45, 2.75) is 18.5 Å². The SMILES string of the molecule is COC(=O)CN1C(=O)[C@@H]2C[C@H]1CN2. The van der Waals surface area contributed by atoms with E-state index in [1.807, 2.05) is 0 Å². The van der Waals surface area contributed by atoms with Gasteiger partial charge in [0.25, 0.3) is 0 Å². The van der Waals surface area contributed by atoms with Gasteiger partial charge in [0.2, 0.25) is 5.91 Å². The molecule has 0 saturated carbocycles. The van der Waals surface area contributed by atoms with Crippen LogP contribution < -0.4 is 5.32 Å². The molecule has 2 atom stereocenters. The quantitative estimate of drug-likeness (QED) is 0.544. The van der Waals surface area contributed by atoms with E-state index in [1.54, 1.807) is 4.90 Å². The summed E-state index contributed by atoms with van der Waals surface area (Å²) in [6.45, 7) is 0.894. The number of methoxy groups -OCH3 is 1. The summed E-state index contributed by atoms with van der Waals surface area (Å²) < 4.78 is 4.51. The zero-order valence-corrected chi connectivity index (χ0v) is 7.45. The van der Waals surface area contributed by atoms with Gasteiger partial charge in [-0.05, 0) is 6.42 Å². The number of likely N-dealkylation sites (tertiary alicyclic amines) is 1. The number of rotatable bonds is 2. The average Bonchev–Trinajstić information content (AvgIpc) is 2.69. The average molecular weight is 184 g/mol. The van der Waals surface area contributed by atoms with E-state index < -0.39 is 0 Å². The Morgan fingerprint density at radius 1 is 1.77 bits per heavy atom. The summed E-state index contributed by atoms with van der Waals surface area (Å²) in [5.41, 5.74) is 0. The summed E-state index contributed by atoms with van der Waals surface area (Å²) in [6.07, 6.45) is 0.829. The van der Waals surface area contributed by atoms with Crippen LogP contribution in [0, 0.1) is 0 Å². The fourth-order valence-electron chi connectivity index (χ4n) is 1.93. The number of ether oxygens (including phenoxy) is 1. The monoisotopic (exact) mass is 184 g/mol. The number of piperazine rings is 1. The van der Waals surface area contributed by atoms with Crippen LogP contribution in [0.2, 0.25) is 0 Å². The van der Waals surface area contributed by atoms with Crippen LogP contribution in [0.4, 0.5) is 0 Å². The molecule has 0 unspecified atom stereocenters. The Balaban J connectivity index is 2.00. The Kier molecular flexibility index (Phi) is 1.95. The minimum Gasteiger partial charge on any atom is -0.468 e. The van der Waals surface area contributed by atoms with Crippen molar-refractivity contribution < 1.29 is 14.3 Å². The molecule has 2 heterocycles.